The van der Waals surface area contributed by atoms with Gasteiger partial charge >= 0.3 is 6.43 Å². The highest BCUT2D eigenvalue weighted by atomic mass is 19.3. The predicted octanol–water partition coefficient (Wildman–Crippen LogP) is 3.62. The number of carbonyl (C=O) groups is 1. The maximum Gasteiger partial charge on any atom is 0.316 e. The molecule has 2 aromatic carbocycles. The van der Waals surface area contributed by atoms with Crippen LogP contribution in [0.25, 0.3) is 0 Å². The molecule has 0 aliphatic heterocycles. The van der Waals surface area contributed by atoms with Gasteiger partial charge in [0.05, 0.1) is 0 Å². The van der Waals surface area contributed by atoms with Gasteiger partial charge in [-0.05, 0) is 24.3 Å². The Morgan fingerprint density at radius 2 is 1.22 bits per heavy atom. The topological polar surface area (TPSA) is 20.3 Å². The van der Waals surface area contributed by atoms with Crippen LogP contribution in [0.15, 0.2) is 60.7 Å². The molecule has 92 valence electrons. The van der Waals surface area contributed by atoms with E-state index in [0.717, 1.165) is 4.90 Å². The van der Waals surface area contributed by atoms with Crippen LogP contribution in [0.1, 0.15) is 0 Å². The van der Waals surface area contributed by atoms with E-state index >= 15 is 0 Å². The van der Waals surface area contributed by atoms with Crippen LogP contribution in [0, 0.1) is 0 Å². The van der Waals surface area contributed by atoms with Crippen molar-refractivity contribution in [2.45, 2.75) is 6.43 Å². The first-order chi connectivity index (χ1) is 8.70. The van der Waals surface area contributed by atoms with E-state index < -0.39 is 12.3 Å². The van der Waals surface area contributed by atoms with Gasteiger partial charge in [0.25, 0.3) is 5.91 Å². The summed E-state index contributed by atoms with van der Waals surface area (Å²) >= 11 is 0. The summed E-state index contributed by atoms with van der Waals surface area (Å²) < 4.78 is 25.3. The first kappa shape index (κ1) is 12.2. The molecule has 0 spiro atoms. The van der Waals surface area contributed by atoms with E-state index in [4.69, 9.17) is 0 Å². The van der Waals surface area contributed by atoms with Crippen molar-refractivity contribution in [2.75, 3.05) is 4.90 Å². The Kier molecular flexibility index (Phi) is 3.67. The summed E-state index contributed by atoms with van der Waals surface area (Å²) in [6.07, 6.45) is -3.04. The average molecular weight is 247 g/mol. The number of hydrogen-bond donors (Lipinski definition) is 0. The van der Waals surface area contributed by atoms with Crippen LogP contribution in [0.3, 0.4) is 0 Å². The molecule has 2 nitrogen and oxygen atoms in total. The summed E-state index contributed by atoms with van der Waals surface area (Å²) in [5.41, 5.74) is 0.850. The molecular weight excluding hydrogens is 236 g/mol. The summed E-state index contributed by atoms with van der Waals surface area (Å²) in [6.45, 7) is 0. The van der Waals surface area contributed by atoms with E-state index in [-0.39, 0.29) is 0 Å². The second-order valence-electron chi connectivity index (χ2n) is 3.65. The zero-order chi connectivity index (χ0) is 13.0. The van der Waals surface area contributed by atoms with E-state index in [2.05, 4.69) is 0 Å². The van der Waals surface area contributed by atoms with Gasteiger partial charge in [-0.3, -0.25) is 9.69 Å². The molecule has 0 unspecified atom stereocenters. The monoisotopic (exact) mass is 247 g/mol. The number of anilines is 2. The zero-order valence-electron chi connectivity index (χ0n) is 9.46. The molecule has 0 saturated carbocycles. The molecule has 2 aromatic rings. The van der Waals surface area contributed by atoms with Crippen molar-refractivity contribution in [1.29, 1.82) is 0 Å². The van der Waals surface area contributed by atoms with Crippen LogP contribution < -0.4 is 4.90 Å². The molecule has 0 saturated heterocycles. The number of nitrogens with zero attached hydrogens (tertiary/aromatic N) is 1. The van der Waals surface area contributed by atoms with Crippen LogP contribution in [0.5, 0.6) is 0 Å². The summed E-state index contributed by atoms with van der Waals surface area (Å²) in [6, 6.07) is 16.8. The normalized spacial score (nSPS) is 10.4. The summed E-state index contributed by atoms with van der Waals surface area (Å²) in [7, 11) is 0. The van der Waals surface area contributed by atoms with Crippen molar-refractivity contribution in [2.24, 2.45) is 0 Å². The molecule has 0 aliphatic rings. The molecule has 0 bridgehead atoms. The first-order valence-corrected chi connectivity index (χ1v) is 5.42. The van der Waals surface area contributed by atoms with E-state index in [1.807, 2.05) is 0 Å². The molecule has 2 rings (SSSR count). The van der Waals surface area contributed by atoms with Crippen LogP contribution >= 0.6 is 0 Å². The second-order valence-corrected chi connectivity index (χ2v) is 3.65. The van der Waals surface area contributed by atoms with Crippen LogP contribution in [0.4, 0.5) is 20.2 Å². The van der Waals surface area contributed by atoms with E-state index in [1.54, 1.807) is 60.7 Å². The molecule has 4 heteroatoms. The number of alkyl halides is 2. The Hall–Kier alpha value is -2.23. The average Bonchev–Trinajstić information content (AvgIpc) is 2.41. The number of rotatable bonds is 3. The second kappa shape index (κ2) is 5.40. The highest BCUT2D eigenvalue weighted by Gasteiger charge is 2.25. The molecule has 0 aliphatic carbocycles. The van der Waals surface area contributed by atoms with Gasteiger partial charge in [0.2, 0.25) is 0 Å². The van der Waals surface area contributed by atoms with Crippen molar-refractivity contribution >= 4 is 17.3 Å². The zero-order valence-corrected chi connectivity index (χ0v) is 9.46. The fourth-order valence-corrected chi connectivity index (χ4v) is 1.66. The van der Waals surface area contributed by atoms with Crippen LogP contribution in [-0.2, 0) is 4.79 Å². The number of carbonyl (C=O) groups excluding carboxylic acids is 1. The lowest BCUT2D eigenvalue weighted by Gasteiger charge is -2.22. The largest absolute Gasteiger partial charge is 0.316 e. The molecule has 0 radical (unpaired) electrons. The number of halogens is 2. The van der Waals surface area contributed by atoms with Gasteiger partial charge in [-0.15, -0.1) is 0 Å². The first-order valence-electron chi connectivity index (χ1n) is 5.42. The van der Waals surface area contributed by atoms with Crippen molar-refractivity contribution in [3.8, 4) is 0 Å². The minimum Gasteiger partial charge on any atom is -0.276 e. The van der Waals surface area contributed by atoms with Gasteiger partial charge in [-0.25, -0.2) is 0 Å². The molecule has 0 N–H and O–H groups in total. The number of hydrogen-bond acceptors (Lipinski definition) is 1. The third-order valence-corrected chi connectivity index (χ3v) is 2.44. The van der Waals surface area contributed by atoms with Crippen molar-refractivity contribution in [3.05, 3.63) is 60.7 Å². The fraction of sp³-hybridized carbons (Fsp3) is 0.0714. The molecule has 1 amide bonds. The van der Waals surface area contributed by atoms with Crippen LogP contribution in [-0.4, -0.2) is 12.3 Å². The Morgan fingerprint density at radius 3 is 1.56 bits per heavy atom. The van der Waals surface area contributed by atoms with Gasteiger partial charge in [0.15, 0.2) is 0 Å². The third-order valence-electron chi connectivity index (χ3n) is 2.44. The minimum atomic E-state index is -3.04. The Labute approximate surface area is 103 Å². The van der Waals surface area contributed by atoms with E-state index in [1.165, 1.54) is 0 Å². The number of para-hydroxylation sites is 2. The lowest BCUT2D eigenvalue weighted by atomic mass is 10.2. The Balaban J connectivity index is 2.45. The molecule has 0 atom stereocenters. The van der Waals surface area contributed by atoms with Crippen molar-refractivity contribution < 1.29 is 13.6 Å². The predicted molar refractivity (Wildman–Crippen MR) is 66.0 cm³/mol. The van der Waals surface area contributed by atoms with Gasteiger partial charge in [-0.2, -0.15) is 8.78 Å². The van der Waals surface area contributed by atoms with Crippen LogP contribution in [0.2, 0.25) is 0 Å². The van der Waals surface area contributed by atoms with Gasteiger partial charge in [-0.1, -0.05) is 36.4 Å². The molecule has 0 fully saturated rings. The maximum atomic E-state index is 12.7. The lowest BCUT2D eigenvalue weighted by molar-refractivity contribution is -0.128. The smallest absolute Gasteiger partial charge is 0.276 e. The molecule has 18 heavy (non-hydrogen) atoms. The Morgan fingerprint density at radius 1 is 0.833 bits per heavy atom. The fourth-order valence-electron chi connectivity index (χ4n) is 1.66. The van der Waals surface area contributed by atoms with Gasteiger partial charge in [0.1, 0.15) is 0 Å². The lowest BCUT2D eigenvalue weighted by Crippen LogP contribution is -2.31. The van der Waals surface area contributed by atoms with Crippen molar-refractivity contribution in [3.63, 3.8) is 0 Å². The summed E-state index contributed by atoms with van der Waals surface area (Å²) in [5.74, 6) is -1.23. The maximum absolute atomic E-state index is 12.7. The summed E-state index contributed by atoms with van der Waals surface area (Å²) in [5, 5.41) is 0. The summed E-state index contributed by atoms with van der Waals surface area (Å²) in [4.78, 5) is 12.6. The van der Waals surface area contributed by atoms with Gasteiger partial charge < -0.3 is 0 Å². The van der Waals surface area contributed by atoms with E-state index in [0.29, 0.717) is 11.4 Å². The molecule has 0 heterocycles. The molecule has 0 aromatic heterocycles. The highest BCUT2D eigenvalue weighted by molar-refractivity contribution is 6.02. The minimum absolute atomic E-state index is 0.425. The number of benzene rings is 2. The third kappa shape index (κ3) is 2.53. The quantitative estimate of drug-likeness (QED) is 0.811. The Bertz CT molecular complexity index is 474. The van der Waals surface area contributed by atoms with E-state index in [9.17, 15) is 13.6 Å². The molecular formula is C14H11F2NO. The van der Waals surface area contributed by atoms with Gasteiger partial charge in [0, 0.05) is 11.4 Å². The number of amides is 1. The highest BCUT2D eigenvalue weighted by Crippen LogP contribution is 2.26. The SMILES string of the molecule is O=C(C(F)F)N(c1ccccc1)c1ccccc1. The van der Waals surface area contributed by atoms with Crippen molar-refractivity contribution in [1.82, 2.24) is 0 Å². The standard InChI is InChI=1S/C14H11F2NO/c15-13(16)14(18)17(11-7-3-1-4-8-11)12-9-5-2-6-10-12/h1-10,13H.